The molecule has 1 aliphatic rings. The second kappa shape index (κ2) is 8.77. The van der Waals surface area contributed by atoms with E-state index < -0.39 is 17.5 Å². The third-order valence-electron chi connectivity index (χ3n) is 5.29. The number of benzene rings is 1. The number of carbonyl (C=O) groups is 1. The highest BCUT2D eigenvalue weighted by atomic mass is 19.1. The molecular formula is C23H23F2N5O. The first-order valence-electron chi connectivity index (χ1n) is 10.1. The van der Waals surface area contributed by atoms with E-state index in [0.717, 1.165) is 24.7 Å². The first kappa shape index (κ1) is 20.9. The van der Waals surface area contributed by atoms with Crippen LogP contribution in [0.3, 0.4) is 0 Å². The third-order valence-corrected chi connectivity index (χ3v) is 5.29. The van der Waals surface area contributed by atoms with Gasteiger partial charge in [0.15, 0.2) is 0 Å². The summed E-state index contributed by atoms with van der Waals surface area (Å²) in [4.78, 5) is 23.2. The quantitative estimate of drug-likeness (QED) is 0.666. The van der Waals surface area contributed by atoms with Gasteiger partial charge in [0.05, 0.1) is 17.6 Å². The first-order valence-corrected chi connectivity index (χ1v) is 10.1. The molecule has 0 saturated carbocycles. The molecule has 1 saturated heterocycles. The Labute approximate surface area is 179 Å². The van der Waals surface area contributed by atoms with Crippen molar-refractivity contribution in [2.24, 2.45) is 11.7 Å². The van der Waals surface area contributed by atoms with E-state index in [-0.39, 0.29) is 23.0 Å². The van der Waals surface area contributed by atoms with E-state index in [4.69, 9.17) is 5.73 Å². The fourth-order valence-electron chi connectivity index (χ4n) is 3.95. The predicted molar refractivity (Wildman–Crippen MR) is 116 cm³/mol. The van der Waals surface area contributed by atoms with Crippen LogP contribution >= 0.6 is 0 Å². The summed E-state index contributed by atoms with van der Waals surface area (Å²) >= 11 is 0. The van der Waals surface area contributed by atoms with Crippen LogP contribution in [0.15, 0.2) is 54.9 Å². The van der Waals surface area contributed by atoms with Crippen LogP contribution in [0.5, 0.6) is 0 Å². The fraction of sp³-hybridized carbons (Fsp3) is 0.261. The Balaban J connectivity index is 1.61. The normalized spacial score (nSPS) is 18.6. The molecule has 1 amide bonds. The highest BCUT2D eigenvalue weighted by Gasteiger charge is 2.25. The molecule has 2 unspecified atom stereocenters. The zero-order valence-corrected chi connectivity index (χ0v) is 17.1. The molecule has 0 spiro atoms. The van der Waals surface area contributed by atoms with Crippen LogP contribution in [0.4, 0.5) is 20.2 Å². The Morgan fingerprint density at radius 3 is 2.71 bits per heavy atom. The smallest absolute Gasteiger partial charge is 0.274 e. The van der Waals surface area contributed by atoms with Gasteiger partial charge in [-0.25, -0.2) is 13.8 Å². The predicted octanol–water partition coefficient (Wildman–Crippen LogP) is 3.85. The monoisotopic (exact) mass is 423 g/mol. The van der Waals surface area contributed by atoms with Gasteiger partial charge in [0, 0.05) is 30.9 Å². The zero-order chi connectivity index (χ0) is 22.0. The highest BCUT2D eigenvalue weighted by Crippen LogP contribution is 2.29. The van der Waals surface area contributed by atoms with Gasteiger partial charge in [-0.05, 0) is 42.7 Å². The van der Waals surface area contributed by atoms with Crippen LogP contribution in [0.1, 0.15) is 23.8 Å². The van der Waals surface area contributed by atoms with Crippen molar-refractivity contribution in [3.05, 3.63) is 72.2 Å². The second-order valence-corrected chi connectivity index (χ2v) is 7.86. The Morgan fingerprint density at radius 1 is 1.13 bits per heavy atom. The van der Waals surface area contributed by atoms with Crippen molar-refractivity contribution in [3.8, 4) is 11.3 Å². The van der Waals surface area contributed by atoms with E-state index in [0.29, 0.717) is 18.2 Å². The Bertz CT molecular complexity index is 1100. The molecular weight excluding hydrogens is 400 g/mol. The molecule has 1 fully saturated rings. The minimum atomic E-state index is -0.708. The van der Waals surface area contributed by atoms with Gasteiger partial charge in [-0.15, -0.1) is 0 Å². The number of aromatic nitrogens is 2. The molecule has 8 heteroatoms. The van der Waals surface area contributed by atoms with Gasteiger partial charge < -0.3 is 16.0 Å². The number of piperidine rings is 1. The summed E-state index contributed by atoms with van der Waals surface area (Å²) in [5, 5.41) is 2.80. The number of carbonyl (C=O) groups excluding carboxylic acids is 1. The van der Waals surface area contributed by atoms with E-state index in [1.807, 2.05) is 6.07 Å². The average Bonchev–Trinajstić information content (AvgIpc) is 2.74. The van der Waals surface area contributed by atoms with Crippen molar-refractivity contribution in [3.63, 3.8) is 0 Å². The maximum absolute atomic E-state index is 14.3. The maximum atomic E-state index is 14.3. The molecule has 0 aliphatic carbocycles. The minimum absolute atomic E-state index is 0.00647. The van der Waals surface area contributed by atoms with Gasteiger partial charge in [0.25, 0.3) is 5.91 Å². The Kier molecular flexibility index (Phi) is 5.90. The van der Waals surface area contributed by atoms with Crippen LogP contribution in [0.2, 0.25) is 0 Å². The Hall–Kier alpha value is -3.39. The lowest BCUT2D eigenvalue weighted by atomic mass is 9.96. The molecule has 2 atom stereocenters. The van der Waals surface area contributed by atoms with E-state index in [1.165, 1.54) is 24.3 Å². The molecule has 2 aromatic heterocycles. The van der Waals surface area contributed by atoms with E-state index in [2.05, 4.69) is 27.1 Å². The molecule has 3 aromatic rings. The van der Waals surface area contributed by atoms with Crippen LogP contribution < -0.4 is 16.0 Å². The lowest BCUT2D eigenvalue weighted by molar-refractivity contribution is 0.102. The van der Waals surface area contributed by atoms with E-state index in [1.54, 1.807) is 18.5 Å². The average molecular weight is 423 g/mol. The summed E-state index contributed by atoms with van der Waals surface area (Å²) < 4.78 is 28.4. The molecule has 4 rings (SSSR count). The number of nitrogens with one attached hydrogen (secondary N) is 1. The van der Waals surface area contributed by atoms with Crippen LogP contribution in [0.25, 0.3) is 11.3 Å². The van der Waals surface area contributed by atoms with Crippen LogP contribution in [0, 0.1) is 17.6 Å². The summed E-state index contributed by atoms with van der Waals surface area (Å²) in [7, 11) is 0. The highest BCUT2D eigenvalue weighted by molar-refractivity contribution is 6.04. The van der Waals surface area contributed by atoms with E-state index >= 15 is 0 Å². The van der Waals surface area contributed by atoms with Gasteiger partial charge in [-0.2, -0.15) is 0 Å². The maximum Gasteiger partial charge on any atom is 0.274 e. The van der Waals surface area contributed by atoms with Gasteiger partial charge in [0.2, 0.25) is 0 Å². The molecule has 160 valence electrons. The van der Waals surface area contributed by atoms with Crippen LogP contribution in [-0.4, -0.2) is 35.0 Å². The SMILES string of the molecule is CC1CC(N)CN(c2ccncc2NC(=O)c2ccc(F)c(-c3ccccc3F)n2)C1. The number of hydrogen-bond acceptors (Lipinski definition) is 5. The van der Waals surface area contributed by atoms with Gasteiger partial charge in [-0.1, -0.05) is 19.1 Å². The molecule has 0 radical (unpaired) electrons. The number of nitrogens with two attached hydrogens (primary N) is 1. The number of anilines is 2. The molecule has 3 N–H and O–H groups in total. The lowest BCUT2D eigenvalue weighted by Gasteiger charge is -2.37. The summed E-state index contributed by atoms with van der Waals surface area (Å²) in [6.07, 6.45) is 4.16. The minimum Gasteiger partial charge on any atom is -0.368 e. The topological polar surface area (TPSA) is 84.1 Å². The molecule has 3 heterocycles. The number of halogens is 2. The molecule has 1 aliphatic heterocycles. The lowest BCUT2D eigenvalue weighted by Crippen LogP contribution is -2.46. The molecule has 31 heavy (non-hydrogen) atoms. The van der Waals surface area contributed by atoms with Crippen molar-refractivity contribution >= 4 is 17.3 Å². The van der Waals surface area contributed by atoms with Crippen LogP contribution in [-0.2, 0) is 0 Å². The summed E-state index contributed by atoms with van der Waals surface area (Å²) in [5.41, 5.74) is 7.24. The number of amides is 1. The van der Waals surface area contributed by atoms with Crippen molar-refractivity contribution in [1.82, 2.24) is 9.97 Å². The van der Waals surface area contributed by atoms with Gasteiger partial charge in [-0.3, -0.25) is 9.78 Å². The van der Waals surface area contributed by atoms with Gasteiger partial charge >= 0.3 is 0 Å². The molecule has 1 aromatic carbocycles. The Morgan fingerprint density at radius 2 is 1.94 bits per heavy atom. The molecule has 6 nitrogen and oxygen atoms in total. The summed E-state index contributed by atoms with van der Waals surface area (Å²) in [6.45, 7) is 3.62. The van der Waals surface area contributed by atoms with Crippen molar-refractivity contribution in [2.75, 3.05) is 23.3 Å². The van der Waals surface area contributed by atoms with Crippen molar-refractivity contribution in [2.45, 2.75) is 19.4 Å². The number of rotatable bonds is 4. The summed E-state index contributed by atoms with van der Waals surface area (Å²) in [6, 6.07) is 9.97. The zero-order valence-electron chi connectivity index (χ0n) is 17.1. The largest absolute Gasteiger partial charge is 0.368 e. The van der Waals surface area contributed by atoms with Crippen molar-refractivity contribution < 1.29 is 13.6 Å². The number of pyridine rings is 2. The number of hydrogen-bond donors (Lipinski definition) is 2. The first-order chi connectivity index (χ1) is 14.9. The standard InChI is InChI=1S/C23H23F2N5O/c1-14-10-15(26)13-30(12-14)21-8-9-27-11-20(21)29-23(31)19-7-6-18(25)22(28-19)16-4-2-3-5-17(16)24/h2-9,11,14-15H,10,12-13,26H2,1H3,(H,29,31). The third kappa shape index (κ3) is 4.54. The fourth-order valence-corrected chi connectivity index (χ4v) is 3.95. The molecule has 0 bridgehead atoms. The second-order valence-electron chi connectivity index (χ2n) is 7.86. The summed E-state index contributed by atoms with van der Waals surface area (Å²) in [5.74, 6) is -1.44. The van der Waals surface area contributed by atoms with Crippen molar-refractivity contribution in [1.29, 1.82) is 0 Å². The van der Waals surface area contributed by atoms with E-state index in [9.17, 15) is 13.6 Å². The number of nitrogens with zero attached hydrogens (tertiary/aromatic N) is 3. The van der Waals surface area contributed by atoms with Gasteiger partial charge in [0.1, 0.15) is 23.0 Å².